The third kappa shape index (κ3) is 3.83. The Morgan fingerprint density at radius 1 is 1.39 bits per heavy atom. The molecule has 0 amide bonds. The van der Waals surface area contributed by atoms with Gasteiger partial charge in [-0.05, 0) is 44.1 Å². The van der Waals surface area contributed by atoms with Crippen molar-refractivity contribution >= 4 is 17.3 Å². The first-order chi connectivity index (χ1) is 8.65. The third-order valence-corrected chi connectivity index (χ3v) is 3.36. The lowest BCUT2D eigenvalue weighted by Crippen LogP contribution is -2.34. The first kappa shape index (κ1) is 13.6. The van der Waals surface area contributed by atoms with Gasteiger partial charge in [0, 0.05) is 18.1 Å². The first-order valence-corrected chi connectivity index (χ1v) is 6.62. The Balaban J connectivity index is 1.79. The van der Waals surface area contributed by atoms with E-state index in [1.165, 1.54) is 18.9 Å². The molecule has 1 aliphatic heterocycles. The third-order valence-electron chi connectivity index (χ3n) is 3.13. The molecule has 2 rings (SSSR count). The average molecular weight is 273 g/mol. The molecule has 1 aliphatic rings. The molecule has 0 spiro atoms. The van der Waals surface area contributed by atoms with Gasteiger partial charge in [0.25, 0.3) is 0 Å². The summed E-state index contributed by atoms with van der Waals surface area (Å²) in [6.07, 6.45) is 1.91. The molecule has 100 valence electrons. The van der Waals surface area contributed by atoms with Gasteiger partial charge in [-0.25, -0.2) is 4.39 Å². The number of likely N-dealkylation sites (tertiary alicyclic amines) is 1. The van der Waals surface area contributed by atoms with Crippen LogP contribution in [0.2, 0.25) is 5.02 Å². The van der Waals surface area contributed by atoms with Gasteiger partial charge < -0.3 is 15.3 Å². The van der Waals surface area contributed by atoms with Crippen LogP contribution in [0, 0.1) is 5.82 Å². The Labute approximate surface area is 112 Å². The van der Waals surface area contributed by atoms with Crippen molar-refractivity contribution in [3.8, 4) is 0 Å². The molecule has 0 radical (unpaired) electrons. The summed E-state index contributed by atoms with van der Waals surface area (Å²) in [6.45, 7) is 3.08. The van der Waals surface area contributed by atoms with Crippen LogP contribution in [0.4, 0.5) is 10.1 Å². The largest absolute Gasteiger partial charge is 0.390 e. The highest BCUT2D eigenvalue weighted by Crippen LogP contribution is 2.18. The smallest absolute Gasteiger partial charge is 0.147 e. The van der Waals surface area contributed by atoms with Crippen molar-refractivity contribution in [3.63, 3.8) is 0 Å². The van der Waals surface area contributed by atoms with Gasteiger partial charge in [-0.1, -0.05) is 11.6 Å². The number of rotatable bonds is 5. The van der Waals surface area contributed by atoms with E-state index in [0.29, 0.717) is 23.8 Å². The number of benzene rings is 1. The monoisotopic (exact) mass is 272 g/mol. The normalized spacial score (nSPS) is 17.9. The molecule has 1 aromatic rings. The van der Waals surface area contributed by atoms with Gasteiger partial charge in [0.05, 0.1) is 11.8 Å². The van der Waals surface area contributed by atoms with Crippen LogP contribution in [0.5, 0.6) is 0 Å². The van der Waals surface area contributed by atoms with Crippen molar-refractivity contribution in [3.05, 3.63) is 29.0 Å². The molecular formula is C13H18ClFN2O. The molecule has 1 atom stereocenters. The molecule has 0 saturated carbocycles. The number of halogens is 2. The maximum atomic E-state index is 13.5. The van der Waals surface area contributed by atoms with Gasteiger partial charge >= 0.3 is 0 Å². The molecule has 1 unspecified atom stereocenters. The lowest BCUT2D eigenvalue weighted by atomic mass is 10.2. The van der Waals surface area contributed by atoms with E-state index in [-0.39, 0.29) is 0 Å². The quantitative estimate of drug-likeness (QED) is 0.864. The van der Waals surface area contributed by atoms with Crippen LogP contribution in [0.15, 0.2) is 18.2 Å². The highest BCUT2D eigenvalue weighted by Gasteiger charge is 2.15. The van der Waals surface area contributed by atoms with Crippen LogP contribution in [0.3, 0.4) is 0 Å². The number of nitrogens with one attached hydrogen (secondary N) is 1. The number of aliphatic hydroxyl groups excluding tert-OH is 1. The van der Waals surface area contributed by atoms with Crippen LogP contribution in [0.25, 0.3) is 0 Å². The maximum Gasteiger partial charge on any atom is 0.147 e. The molecule has 0 aliphatic carbocycles. The molecular weight excluding hydrogens is 255 g/mol. The van der Waals surface area contributed by atoms with Crippen molar-refractivity contribution in [1.29, 1.82) is 0 Å². The highest BCUT2D eigenvalue weighted by atomic mass is 35.5. The number of hydrogen-bond acceptors (Lipinski definition) is 3. The van der Waals surface area contributed by atoms with Crippen molar-refractivity contribution in [1.82, 2.24) is 4.90 Å². The van der Waals surface area contributed by atoms with Crippen LogP contribution < -0.4 is 5.32 Å². The summed E-state index contributed by atoms with van der Waals surface area (Å²) in [4.78, 5) is 2.23. The SMILES string of the molecule is OC(CNc1ccc(Cl)cc1F)CN1CCCC1. The van der Waals surface area contributed by atoms with Crippen LogP contribution in [-0.2, 0) is 0 Å². The van der Waals surface area contributed by atoms with Crippen molar-refractivity contribution in [2.45, 2.75) is 18.9 Å². The van der Waals surface area contributed by atoms with Crippen LogP contribution in [-0.4, -0.2) is 42.3 Å². The highest BCUT2D eigenvalue weighted by molar-refractivity contribution is 6.30. The maximum absolute atomic E-state index is 13.5. The summed E-state index contributed by atoms with van der Waals surface area (Å²) < 4.78 is 13.5. The Bertz CT molecular complexity index is 397. The second kappa shape index (κ2) is 6.36. The minimum absolute atomic E-state index is 0.342. The lowest BCUT2D eigenvalue weighted by Gasteiger charge is -2.20. The number of hydrogen-bond donors (Lipinski definition) is 2. The lowest BCUT2D eigenvalue weighted by molar-refractivity contribution is 0.135. The second-order valence-electron chi connectivity index (χ2n) is 4.67. The zero-order chi connectivity index (χ0) is 13.0. The van der Waals surface area contributed by atoms with Gasteiger partial charge in [-0.15, -0.1) is 0 Å². The van der Waals surface area contributed by atoms with Gasteiger partial charge in [0.15, 0.2) is 0 Å². The van der Waals surface area contributed by atoms with Gasteiger partial charge in [-0.3, -0.25) is 0 Å². The fraction of sp³-hybridized carbons (Fsp3) is 0.538. The fourth-order valence-corrected chi connectivity index (χ4v) is 2.35. The molecule has 2 N–H and O–H groups in total. The zero-order valence-corrected chi connectivity index (χ0v) is 11.0. The molecule has 1 aromatic carbocycles. The van der Waals surface area contributed by atoms with Crippen LogP contribution >= 0.6 is 11.6 Å². The predicted octanol–water partition coefficient (Wildman–Crippen LogP) is 2.35. The Kier molecular flexibility index (Phi) is 4.80. The Morgan fingerprint density at radius 3 is 2.78 bits per heavy atom. The van der Waals surface area contributed by atoms with Gasteiger partial charge in [0.1, 0.15) is 5.82 Å². The van der Waals surface area contributed by atoms with Crippen molar-refractivity contribution in [2.24, 2.45) is 0 Å². The van der Waals surface area contributed by atoms with Crippen LogP contribution in [0.1, 0.15) is 12.8 Å². The molecule has 5 heteroatoms. The fourth-order valence-electron chi connectivity index (χ4n) is 2.19. The van der Waals surface area contributed by atoms with Crippen molar-refractivity contribution < 1.29 is 9.50 Å². The summed E-state index contributed by atoms with van der Waals surface area (Å²) in [5.41, 5.74) is 0.375. The molecule has 1 saturated heterocycles. The number of nitrogens with zero attached hydrogens (tertiary/aromatic N) is 1. The van der Waals surface area contributed by atoms with E-state index >= 15 is 0 Å². The summed E-state index contributed by atoms with van der Waals surface area (Å²) in [7, 11) is 0. The molecule has 1 heterocycles. The molecule has 0 bridgehead atoms. The molecule has 3 nitrogen and oxygen atoms in total. The van der Waals surface area contributed by atoms with E-state index in [2.05, 4.69) is 10.2 Å². The zero-order valence-electron chi connectivity index (χ0n) is 10.2. The standard InChI is InChI=1S/C13H18ClFN2O/c14-10-3-4-13(12(15)7-10)16-8-11(18)9-17-5-1-2-6-17/h3-4,7,11,16,18H,1-2,5-6,8-9H2. The number of β-amino-alcohol motifs (C(OH)–C–C–N with tert-alkyl or cyclic N) is 1. The number of anilines is 1. The van der Waals surface area contributed by atoms with E-state index in [4.69, 9.17) is 11.6 Å². The molecule has 1 fully saturated rings. The van der Waals surface area contributed by atoms with Crippen molar-refractivity contribution in [2.75, 3.05) is 31.5 Å². The molecule has 18 heavy (non-hydrogen) atoms. The van der Waals surface area contributed by atoms with E-state index in [0.717, 1.165) is 13.1 Å². The summed E-state index contributed by atoms with van der Waals surface area (Å²) in [5, 5.41) is 13.1. The summed E-state index contributed by atoms with van der Waals surface area (Å²) in [6, 6.07) is 4.47. The van der Waals surface area contributed by atoms with Gasteiger partial charge in [0.2, 0.25) is 0 Å². The predicted molar refractivity (Wildman–Crippen MR) is 71.6 cm³/mol. The second-order valence-corrected chi connectivity index (χ2v) is 5.10. The first-order valence-electron chi connectivity index (χ1n) is 6.24. The van der Waals surface area contributed by atoms with E-state index in [1.54, 1.807) is 12.1 Å². The van der Waals surface area contributed by atoms with E-state index < -0.39 is 11.9 Å². The van der Waals surface area contributed by atoms with Gasteiger partial charge in [-0.2, -0.15) is 0 Å². The molecule has 0 aromatic heterocycles. The Morgan fingerprint density at radius 2 is 2.11 bits per heavy atom. The van der Waals surface area contributed by atoms with E-state index in [1.807, 2.05) is 0 Å². The topological polar surface area (TPSA) is 35.5 Å². The minimum atomic E-state index is -0.488. The van der Waals surface area contributed by atoms with E-state index in [9.17, 15) is 9.50 Å². The summed E-state index contributed by atoms with van der Waals surface area (Å²) in [5.74, 6) is -0.393. The number of aliphatic hydroxyl groups is 1. The minimum Gasteiger partial charge on any atom is -0.390 e. The Hall–Kier alpha value is -0.840. The average Bonchev–Trinajstić information content (AvgIpc) is 2.80. The summed E-state index contributed by atoms with van der Waals surface area (Å²) >= 11 is 5.67.